The Morgan fingerprint density at radius 3 is 2.23 bits per heavy atom. The number of carbonyl (C=O) groups excluding carboxylic acids is 2. The molecule has 2 unspecified atom stereocenters. The molecule has 1 aliphatic rings. The predicted molar refractivity (Wildman–Crippen MR) is 77.4 cm³/mol. The number of ether oxygens (including phenoxy) is 5. The Labute approximate surface area is 131 Å². The van der Waals surface area contributed by atoms with Gasteiger partial charge in [-0.3, -0.25) is 0 Å². The smallest absolute Gasteiger partial charge is 0.434 e. The van der Waals surface area contributed by atoms with Gasteiger partial charge < -0.3 is 23.7 Å². The van der Waals surface area contributed by atoms with Crippen molar-refractivity contribution in [3.8, 4) is 0 Å². The van der Waals surface area contributed by atoms with Crippen LogP contribution in [0.4, 0.5) is 9.59 Å². The maximum Gasteiger partial charge on any atom is 0.510 e. The summed E-state index contributed by atoms with van der Waals surface area (Å²) in [5.41, 5.74) is 0. The highest BCUT2D eigenvalue weighted by atomic mass is 16.8. The van der Waals surface area contributed by atoms with Gasteiger partial charge in [-0.05, 0) is 19.3 Å². The van der Waals surface area contributed by atoms with E-state index in [1.807, 2.05) is 13.8 Å². The first-order valence-corrected chi connectivity index (χ1v) is 7.94. The van der Waals surface area contributed by atoms with Gasteiger partial charge in [0, 0.05) is 6.42 Å². The summed E-state index contributed by atoms with van der Waals surface area (Å²) in [5, 5.41) is 0. The van der Waals surface area contributed by atoms with Gasteiger partial charge in [0.2, 0.25) is 6.29 Å². The van der Waals surface area contributed by atoms with Gasteiger partial charge in [-0.2, -0.15) is 0 Å². The standard InChI is InChI=1S/C15H26O7/c1-3-5-9-18-14(16)20-11-12-7-8-13(21-12)22-15(17)19-10-6-4-2/h12-13H,3-11H2,1-2H3. The molecule has 0 amide bonds. The van der Waals surface area contributed by atoms with Crippen LogP contribution in [0.1, 0.15) is 52.4 Å². The Balaban J connectivity index is 2.09. The second-order valence-electron chi connectivity index (χ2n) is 5.10. The van der Waals surface area contributed by atoms with Gasteiger partial charge in [-0.1, -0.05) is 26.7 Å². The summed E-state index contributed by atoms with van der Waals surface area (Å²) in [6.07, 6.45) is 2.37. The average Bonchev–Trinajstić information content (AvgIpc) is 2.93. The van der Waals surface area contributed by atoms with Crippen LogP contribution in [-0.4, -0.2) is 44.5 Å². The van der Waals surface area contributed by atoms with Crippen LogP contribution in [0, 0.1) is 0 Å². The number of hydrogen-bond donors (Lipinski definition) is 0. The first-order valence-electron chi connectivity index (χ1n) is 7.94. The van der Waals surface area contributed by atoms with E-state index >= 15 is 0 Å². The maximum atomic E-state index is 11.4. The van der Waals surface area contributed by atoms with Crippen LogP contribution in [-0.2, 0) is 23.7 Å². The fraction of sp³-hybridized carbons (Fsp3) is 0.867. The molecule has 0 aromatic rings. The van der Waals surface area contributed by atoms with E-state index in [0.29, 0.717) is 26.1 Å². The second-order valence-corrected chi connectivity index (χ2v) is 5.10. The van der Waals surface area contributed by atoms with Crippen molar-refractivity contribution in [1.82, 2.24) is 0 Å². The second kappa shape index (κ2) is 11.1. The Hall–Kier alpha value is -1.50. The van der Waals surface area contributed by atoms with Crippen molar-refractivity contribution in [2.45, 2.75) is 64.8 Å². The number of carbonyl (C=O) groups is 2. The molecule has 2 atom stereocenters. The van der Waals surface area contributed by atoms with E-state index in [4.69, 9.17) is 23.7 Å². The zero-order valence-electron chi connectivity index (χ0n) is 13.4. The lowest BCUT2D eigenvalue weighted by atomic mass is 10.2. The van der Waals surface area contributed by atoms with Gasteiger partial charge in [0.05, 0.1) is 19.3 Å². The summed E-state index contributed by atoms with van der Waals surface area (Å²) < 4.78 is 25.2. The molecule has 1 aliphatic heterocycles. The SMILES string of the molecule is CCCCOC(=O)OCC1CCC(OC(=O)OCCCC)O1. The topological polar surface area (TPSA) is 80.3 Å². The predicted octanol–water partition coefficient (Wildman–Crippen LogP) is 3.40. The minimum atomic E-state index is -0.723. The van der Waals surface area contributed by atoms with Crippen LogP contribution < -0.4 is 0 Å². The molecule has 0 radical (unpaired) electrons. The summed E-state index contributed by atoms with van der Waals surface area (Å²) in [4.78, 5) is 22.6. The minimum absolute atomic E-state index is 0.0930. The van der Waals surface area contributed by atoms with Crippen LogP contribution in [0.3, 0.4) is 0 Å². The molecular weight excluding hydrogens is 292 g/mol. The molecule has 0 bridgehead atoms. The lowest BCUT2D eigenvalue weighted by molar-refractivity contribution is -0.124. The van der Waals surface area contributed by atoms with Crippen molar-refractivity contribution in [3.63, 3.8) is 0 Å². The molecule has 128 valence electrons. The van der Waals surface area contributed by atoms with E-state index in [-0.39, 0.29) is 12.7 Å². The molecule has 7 heteroatoms. The summed E-state index contributed by atoms with van der Waals surface area (Å²) in [6, 6.07) is 0. The molecule has 0 spiro atoms. The lowest BCUT2D eigenvalue weighted by Gasteiger charge is -2.14. The molecular formula is C15H26O7. The molecule has 1 heterocycles. The van der Waals surface area contributed by atoms with Crippen molar-refractivity contribution >= 4 is 12.3 Å². The molecule has 1 fully saturated rings. The summed E-state index contributed by atoms with van der Waals surface area (Å²) >= 11 is 0. The summed E-state index contributed by atoms with van der Waals surface area (Å²) in [5.74, 6) is 0. The van der Waals surface area contributed by atoms with E-state index in [1.165, 1.54) is 0 Å². The van der Waals surface area contributed by atoms with Crippen LogP contribution in [0.15, 0.2) is 0 Å². The minimum Gasteiger partial charge on any atom is -0.434 e. The third-order valence-electron chi connectivity index (χ3n) is 3.12. The van der Waals surface area contributed by atoms with Crippen LogP contribution >= 0.6 is 0 Å². The van der Waals surface area contributed by atoms with Gasteiger partial charge >= 0.3 is 12.3 Å². The van der Waals surface area contributed by atoms with Crippen LogP contribution in [0.5, 0.6) is 0 Å². The normalized spacial score (nSPS) is 20.5. The fourth-order valence-corrected chi connectivity index (χ4v) is 1.83. The largest absolute Gasteiger partial charge is 0.510 e. The molecule has 22 heavy (non-hydrogen) atoms. The average molecular weight is 318 g/mol. The van der Waals surface area contributed by atoms with Gasteiger partial charge in [0.1, 0.15) is 6.61 Å². The number of rotatable bonds is 9. The molecule has 0 aliphatic carbocycles. The number of unbranched alkanes of at least 4 members (excludes halogenated alkanes) is 2. The van der Waals surface area contributed by atoms with E-state index in [9.17, 15) is 9.59 Å². The molecule has 0 aromatic carbocycles. The zero-order chi connectivity index (χ0) is 16.2. The monoisotopic (exact) mass is 318 g/mol. The Bertz CT molecular complexity index is 332. The highest BCUT2D eigenvalue weighted by Gasteiger charge is 2.29. The Morgan fingerprint density at radius 1 is 0.955 bits per heavy atom. The van der Waals surface area contributed by atoms with E-state index in [1.54, 1.807) is 0 Å². The first-order chi connectivity index (χ1) is 10.7. The molecule has 1 saturated heterocycles. The zero-order valence-corrected chi connectivity index (χ0v) is 13.4. The van der Waals surface area contributed by atoms with Crippen molar-refractivity contribution in [2.24, 2.45) is 0 Å². The molecule has 1 rings (SSSR count). The van der Waals surface area contributed by atoms with E-state index < -0.39 is 18.6 Å². The van der Waals surface area contributed by atoms with Crippen molar-refractivity contribution in [2.75, 3.05) is 19.8 Å². The van der Waals surface area contributed by atoms with E-state index in [0.717, 1.165) is 25.7 Å². The van der Waals surface area contributed by atoms with Crippen LogP contribution in [0.25, 0.3) is 0 Å². The maximum absolute atomic E-state index is 11.4. The van der Waals surface area contributed by atoms with Gasteiger partial charge in [-0.15, -0.1) is 0 Å². The van der Waals surface area contributed by atoms with Gasteiger partial charge in [-0.25, -0.2) is 9.59 Å². The van der Waals surface area contributed by atoms with Gasteiger partial charge in [0.15, 0.2) is 0 Å². The molecule has 0 aromatic heterocycles. The highest BCUT2D eigenvalue weighted by Crippen LogP contribution is 2.21. The summed E-state index contributed by atoms with van der Waals surface area (Å²) in [7, 11) is 0. The first kappa shape index (κ1) is 18.5. The third-order valence-corrected chi connectivity index (χ3v) is 3.12. The molecule has 0 N–H and O–H groups in total. The fourth-order valence-electron chi connectivity index (χ4n) is 1.83. The van der Waals surface area contributed by atoms with Crippen molar-refractivity contribution in [1.29, 1.82) is 0 Å². The molecule has 7 nitrogen and oxygen atoms in total. The van der Waals surface area contributed by atoms with Crippen molar-refractivity contribution < 1.29 is 33.3 Å². The third kappa shape index (κ3) is 8.07. The van der Waals surface area contributed by atoms with Gasteiger partial charge in [0.25, 0.3) is 0 Å². The Morgan fingerprint density at radius 2 is 1.59 bits per heavy atom. The Kier molecular flexibility index (Phi) is 9.37. The number of hydrogen-bond acceptors (Lipinski definition) is 7. The summed E-state index contributed by atoms with van der Waals surface area (Å²) in [6.45, 7) is 4.81. The van der Waals surface area contributed by atoms with Crippen LogP contribution in [0.2, 0.25) is 0 Å². The highest BCUT2D eigenvalue weighted by molar-refractivity contribution is 5.60. The molecule has 0 saturated carbocycles. The van der Waals surface area contributed by atoms with E-state index in [2.05, 4.69) is 0 Å². The van der Waals surface area contributed by atoms with Crippen molar-refractivity contribution in [3.05, 3.63) is 0 Å². The quantitative estimate of drug-likeness (QED) is 0.476. The lowest BCUT2D eigenvalue weighted by Crippen LogP contribution is -2.23.